The molecule has 1 heterocycles. The van der Waals surface area contributed by atoms with Crippen molar-refractivity contribution in [3.8, 4) is 5.75 Å². The van der Waals surface area contributed by atoms with Crippen molar-refractivity contribution in [1.29, 1.82) is 0 Å². The van der Waals surface area contributed by atoms with Gasteiger partial charge in [-0.2, -0.15) is 4.31 Å². The molecule has 0 spiro atoms. The molecule has 0 fully saturated rings. The molecule has 2 aromatic rings. The Hall–Kier alpha value is -2.45. The third kappa shape index (κ3) is 5.27. The van der Waals surface area contributed by atoms with Crippen molar-refractivity contribution in [1.82, 2.24) is 9.29 Å². The van der Waals surface area contributed by atoms with Crippen molar-refractivity contribution in [2.24, 2.45) is 5.92 Å². The van der Waals surface area contributed by atoms with E-state index < -0.39 is 22.0 Å². The Morgan fingerprint density at radius 1 is 1.22 bits per heavy atom. The van der Waals surface area contributed by atoms with Crippen molar-refractivity contribution in [3.63, 3.8) is 0 Å². The van der Waals surface area contributed by atoms with Gasteiger partial charge in [-0.1, -0.05) is 19.9 Å². The van der Waals surface area contributed by atoms with Crippen LogP contribution in [0.4, 0.5) is 0 Å². The summed E-state index contributed by atoms with van der Waals surface area (Å²) in [5.41, 5.74) is 0.615. The van der Waals surface area contributed by atoms with Crippen LogP contribution in [0.5, 0.6) is 5.75 Å². The Balaban J connectivity index is 2.49. The summed E-state index contributed by atoms with van der Waals surface area (Å²) in [4.78, 5) is 15.9. The van der Waals surface area contributed by atoms with Crippen LogP contribution >= 0.6 is 0 Å². The summed E-state index contributed by atoms with van der Waals surface area (Å²) >= 11 is 0. The number of hydrogen-bond donors (Lipinski definition) is 1. The van der Waals surface area contributed by atoms with E-state index in [1.807, 2.05) is 13.8 Å². The maximum Gasteiger partial charge on any atom is 0.322 e. The Kier molecular flexibility index (Phi) is 6.92. The maximum absolute atomic E-state index is 13.3. The monoisotopic (exact) mass is 392 g/mol. The van der Waals surface area contributed by atoms with Gasteiger partial charge in [0.15, 0.2) is 0 Å². The molecule has 0 aliphatic carbocycles. The number of carboxylic acid groups (broad SMARTS) is 1. The molecule has 0 amide bonds. The molecule has 0 saturated heterocycles. The molecule has 1 N–H and O–H groups in total. The van der Waals surface area contributed by atoms with Gasteiger partial charge < -0.3 is 9.84 Å². The summed E-state index contributed by atoms with van der Waals surface area (Å²) in [6, 6.07) is 8.12. The fraction of sp³-hybridized carbons (Fsp3) is 0.368. The second-order valence-electron chi connectivity index (χ2n) is 6.57. The average molecular weight is 392 g/mol. The maximum atomic E-state index is 13.3. The van der Waals surface area contributed by atoms with E-state index in [2.05, 4.69) is 4.98 Å². The number of hydrogen-bond acceptors (Lipinski definition) is 5. The number of ether oxygens (including phenoxy) is 1. The number of rotatable bonds is 9. The van der Waals surface area contributed by atoms with Crippen LogP contribution in [0.1, 0.15) is 25.8 Å². The number of sulfonamides is 1. The molecule has 0 aliphatic rings. The van der Waals surface area contributed by atoms with Gasteiger partial charge in [-0.15, -0.1) is 0 Å². The van der Waals surface area contributed by atoms with Gasteiger partial charge in [0.25, 0.3) is 0 Å². The summed E-state index contributed by atoms with van der Waals surface area (Å²) in [7, 11) is -2.56. The van der Waals surface area contributed by atoms with Gasteiger partial charge in [0, 0.05) is 18.9 Å². The van der Waals surface area contributed by atoms with Gasteiger partial charge in [0.2, 0.25) is 10.0 Å². The van der Waals surface area contributed by atoms with E-state index in [0.717, 1.165) is 4.31 Å². The van der Waals surface area contributed by atoms with Crippen LogP contribution in [0.3, 0.4) is 0 Å². The Morgan fingerprint density at radius 2 is 1.89 bits per heavy atom. The standard InChI is InChI=1S/C19H24N2O5S/c1-14(2)11-18(19(22)23)21(13-15-5-4-10-20-12-15)27(24,25)17-8-6-16(26-3)7-9-17/h4-10,12,14,18H,11,13H2,1-3H3,(H,22,23)/t18-/m1/s1. The van der Waals surface area contributed by atoms with E-state index in [1.54, 1.807) is 18.3 Å². The Bertz CT molecular complexity index is 851. The fourth-order valence-electron chi connectivity index (χ4n) is 2.71. The van der Waals surface area contributed by atoms with Gasteiger partial charge in [0.1, 0.15) is 11.8 Å². The van der Waals surface area contributed by atoms with Crippen LogP contribution in [0.2, 0.25) is 0 Å². The van der Waals surface area contributed by atoms with Crippen LogP contribution in [0, 0.1) is 5.92 Å². The molecular weight excluding hydrogens is 368 g/mol. The minimum absolute atomic E-state index is 0.00793. The lowest BCUT2D eigenvalue weighted by atomic mass is 10.0. The minimum atomic E-state index is -4.04. The Labute approximate surface area is 159 Å². The van der Waals surface area contributed by atoms with E-state index in [0.29, 0.717) is 11.3 Å². The molecule has 0 aliphatic heterocycles. The second kappa shape index (κ2) is 8.96. The number of aromatic nitrogens is 1. The number of aliphatic carboxylic acids is 1. The first kappa shape index (κ1) is 20.9. The van der Waals surface area contributed by atoms with Crippen molar-refractivity contribution >= 4 is 16.0 Å². The highest BCUT2D eigenvalue weighted by atomic mass is 32.2. The molecule has 27 heavy (non-hydrogen) atoms. The summed E-state index contributed by atoms with van der Waals surface area (Å²) in [6.45, 7) is 3.64. The van der Waals surface area contributed by atoms with Gasteiger partial charge >= 0.3 is 5.97 Å². The fourth-order valence-corrected chi connectivity index (χ4v) is 4.29. The lowest BCUT2D eigenvalue weighted by Gasteiger charge is -2.29. The highest BCUT2D eigenvalue weighted by Gasteiger charge is 2.36. The smallest absolute Gasteiger partial charge is 0.322 e. The van der Waals surface area contributed by atoms with Crippen molar-refractivity contribution in [2.75, 3.05) is 7.11 Å². The molecule has 1 aromatic carbocycles. The van der Waals surface area contributed by atoms with Gasteiger partial charge in [-0.05, 0) is 48.2 Å². The number of carbonyl (C=O) groups is 1. The molecule has 146 valence electrons. The van der Waals surface area contributed by atoms with E-state index in [9.17, 15) is 18.3 Å². The first-order chi connectivity index (χ1) is 12.8. The molecular formula is C19H24N2O5S. The molecule has 7 nitrogen and oxygen atoms in total. The molecule has 0 radical (unpaired) electrons. The largest absolute Gasteiger partial charge is 0.497 e. The zero-order chi connectivity index (χ0) is 20.0. The number of carboxylic acids is 1. The molecule has 1 atom stereocenters. The highest BCUT2D eigenvalue weighted by Crippen LogP contribution is 2.26. The zero-order valence-corrected chi connectivity index (χ0v) is 16.4. The lowest BCUT2D eigenvalue weighted by Crippen LogP contribution is -2.45. The van der Waals surface area contributed by atoms with E-state index >= 15 is 0 Å². The predicted molar refractivity (Wildman–Crippen MR) is 101 cm³/mol. The third-order valence-electron chi connectivity index (χ3n) is 4.05. The van der Waals surface area contributed by atoms with Crippen LogP contribution in [0.15, 0.2) is 53.7 Å². The Morgan fingerprint density at radius 3 is 2.37 bits per heavy atom. The third-order valence-corrected chi connectivity index (χ3v) is 5.92. The summed E-state index contributed by atoms with van der Waals surface area (Å²) in [5, 5.41) is 9.72. The van der Waals surface area contributed by atoms with E-state index in [4.69, 9.17) is 4.74 Å². The normalized spacial score (nSPS) is 12.9. The first-order valence-corrected chi connectivity index (χ1v) is 9.97. The number of pyridine rings is 1. The SMILES string of the molecule is COc1ccc(S(=O)(=O)N(Cc2cccnc2)[C@H](CC(C)C)C(=O)O)cc1. The first-order valence-electron chi connectivity index (χ1n) is 8.53. The number of methoxy groups -OCH3 is 1. The quantitative estimate of drug-likeness (QED) is 0.705. The van der Waals surface area contributed by atoms with Crippen molar-refractivity contribution in [2.45, 2.75) is 37.8 Å². The van der Waals surface area contributed by atoms with Crippen molar-refractivity contribution < 1.29 is 23.1 Å². The molecule has 8 heteroatoms. The number of nitrogens with zero attached hydrogens (tertiary/aromatic N) is 2. The van der Waals surface area contributed by atoms with Gasteiger partial charge in [-0.3, -0.25) is 9.78 Å². The molecule has 0 unspecified atom stereocenters. The molecule has 1 aromatic heterocycles. The summed E-state index contributed by atoms with van der Waals surface area (Å²) in [6.07, 6.45) is 3.31. The zero-order valence-electron chi connectivity index (χ0n) is 15.6. The van der Waals surface area contributed by atoms with Crippen LogP contribution in [0.25, 0.3) is 0 Å². The second-order valence-corrected chi connectivity index (χ2v) is 8.46. The predicted octanol–water partition coefficient (Wildman–Crippen LogP) is 2.78. The molecule has 2 rings (SSSR count). The van der Waals surface area contributed by atoms with Crippen LogP contribution in [-0.2, 0) is 21.4 Å². The van der Waals surface area contributed by atoms with Crippen LogP contribution in [-0.4, -0.2) is 41.9 Å². The number of benzene rings is 1. The minimum Gasteiger partial charge on any atom is -0.497 e. The van der Waals surface area contributed by atoms with Gasteiger partial charge in [0.05, 0.1) is 12.0 Å². The topological polar surface area (TPSA) is 96.8 Å². The van der Waals surface area contributed by atoms with E-state index in [-0.39, 0.29) is 23.8 Å². The summed E-state index contributed by atoms with van der Waals surface area (Å²) in [5.74, 6) is -0.650. The van der Waals surface area contributed by atoms with Crippen LogP contribution < -0.4 is 4.74 Å². The average Bonchev–Trinajstić information content (AvgIpc) is 2.65. The van der Waals surface area contributed by atoms with E-state index in [1.165, 1.54) is 37.6 Å². The molecule has 0 saturated carbocycles. The van der Waals surface area contributed by atoms with Gasteiger partial charge in [-0.25, -0.2) is 8.42 Å². The van der Waals surface area contributed by atoms with Crippen molar-refractivity contribution in [3.05, 3.63) is 54.4 Å². The molecule has 0 bridgehead atoms. The highest BCUT2D eigenvalue weighted by molar-refractivity contribution is 7.89. The summed E-state index contributed by atoms with van der Waals surface area (Å²) < 4.78 is 32.6. The lowest BCUT2D eigenvalue weighted by molar-refractivity contribution is -0.142.